The molecule has 1 aromatic carbocycles. The Morgan fingerprint density at radius 1 is 1.12 bits per heavy atom. The van der Waals surface area contributed by atoms with E-state index < -0.39 is 36.0 Å². The number of imide groups is 1. The zero-order valence-electron chi connectivity index (χ0n) is 14.3. The third-order valence-corrected chi connectivity index (χ3v) is 4.66. The van der Waals surface area contributed by atoms with Gasteiger partial charge in [-0.15, -0.1) is 0 Å². The number of hydrogen-bond acceptors (Lipinski definition) is 5. The van der Waals surface area contributed by atoms with Crippen LogP contribution >= 0.6 is 0 Å². The first kappa shape index (κ1) is 17.9. The van der Waals surface area contributed by atoms with Crippen LogP contribution in [0.15, 0.2) is 30.3 Å². The standard InChI is InChI=1S/C18H21N3O5/c22-14(12-26-15(23)11-13-7-3-1-4-8-13)20-21-16(24)18(19-17(21)25)9-5-2-6-10-18/h1,3-4,7-8H,2,5-6,9-12H2,(H,19,25)(H,20,22). The third-order valence-electron chi connectivity index (χ3n) is 4.66. The Morgan fingerprint density at radius 2 is 1.81 bits per heavy atom. The second-order valence-electron chi connectivity index (χ2n) is 6.57. The van der Waals surface area contributed by atoms with Gasteiger partial charge in [-0.25, -0.2) is 4.79 Å². The van der Waals surface area contributed by atoms with Crippen LogP contribution in [-0.2, 0) is 25.5 Å². The zero-order chi connectivity index (χ0) is 18.6. The number of hydrazine groups is 1. The highest BCUT2D eigenvalue weighted by molar-refractivity contribution is 6.08. The van der Waals surface area contributed by atoms with Gasteiger partial charge in [-0.1, -0.05) is 49.6 Å². The zero-order valence-corrected chi connectivity index (χ0v) is 14.3. The normalized spacial score (nSPS) is 18.5. The van der Waals surface area contributed by atoms with Gasteiger partial charge in [0.1, 0.15) is 5.54 Å². The van der Waals surface area contributed by atoms with E-state index >= 15 is 0 Å². The van der Waals surface area contributed by atoms with Crippen molar-refractivity contribution in [2.75, 3.05) is 6.61 Å². The van der Waals surface area contributed by atoms with Gasteiger partial charge in [0.05, 0.1) is 6.42 Å². The van der Waals surface area contributed by atoms with Crippen molar-refractivity contribution in [3.8, 4) is 0 Å². The maximum Gasteiger partial charge on any atom is 0.344 e. The summed E-state index contributed by atoms with van der Waals surface area (Å²) in [5.74, 6) is -1.75. The lowest BCUT2D eigenvalue weighted by Crippen LogP contribution is -2.51. The summed E-state index contributed by atoms with van der Waals surface area (Å²) in [5, 5.41) is 3.38. The van der Waals surface area contributed by atoms with Crippen molar-refractivity contribution in [1.82, 2.24) is 15.8 Å². The molecule has 2 fully saturated rings. The van der Waals surface area contributed by atoms with E-state index in [2.05, 4.69) is 10.7 Å². The maximum absolute atomic E-state index is 12.5. The minimum absolute atomic E-state index is 0.0420. The Morgan fingerprint density at radius 3 is 2.50 bits per heavy atom. The summed E-state index contributed by atoms with van der Waals surface area (Å²) < 4.78 is 4.90. The highest BCUT2D eigenvalue weighted by atomic mass is 16.5. The quantitative estimate of drug-likeness (QED) is 0.604. The molecule has 1 spiro atoms. The van der Waals surface area contributed by atoms with E-state index in [1.165, 1.54) is 0 Å². The second-order valence-corrected chi connectivity index (χ2v) is 6.57. The van der Waals surface area contributed by atoms with Crippen LogP contribution < -0.4 is 10.7 Å². The van der Waals surface area contributed by atoms with Crippen molar-refractivity contribution in [2.24, 2.45) is 0 Å². The molecule has 1 saturated carbocycles. The molecule has 0 atom stereocenters. The van der Waals surface area contributed by atoms with Gasteiger partial charge in [0.2, 0.25) is 0 Å². The fourth-order valence-corrected chi connectivity index (χ4v) is 3.33. The van der Waals surface area contributed by atoms with E-state index in [-0.39, 0.29) is 6.42 Å². The fraction of sp³-hybridized carbons (Fsp3) is 0.444. The summed E-state index contributed by atoms with van der Waals surface area (Å²) in [6, 6.07) is 8.33. The Hall–Kier alpha value is -2.90. The van der Waals surface area contributed by atoms with Crippen molar-refractivity contribution < 1.29 is 23.9 Å². The number of urea groups is 1. The minimum Gasteiger partial charge on any atom is -0.455 e. The molecule has 1 aromatic rings. The Kier molecular flexibility index (Phi) is 5.20. The van der Waals surface area contributed by atoms with Gasteiger partial charge in [0.25, 0.3) is 11.8 Å². The molecule has 1 saturated heterocycles. The van der Waals surface area contributed by atoms with E-state index in [4.69, 9.17) is 4.74 Å². The SMILES string of the molecule is O=C(COC(=O)Cc1ccccc1)NN1C(=O)NC2(CCCCC2)C1=O. The summed E-state index contributed by atoms with van der Waals surface area (Å²) in [7, 11) is 0. The van der Waals surface area contributed by atoms with Gasteiger partial charge < -0.3 is 10.1 Å². The monoisotopic (exact) mass is 359 g/mol. The van der Waals surface area contributed by atoms with Crippen molar-refractivity contribution in [3.63, 3.8) is 0 Å². The maximum atomic E-state index is 12.5. The molecule has 4 amide bonds. The number of ether oxygens (including phenoxy) is 1. The number of esters is 1. The highest BCUT2D eigenvalue weighted by Gasteiger charge is 2.52. The van der Waals surface area contributed by atoms with Crippen LogP contribution in [-0.4, -0.2) is 41.0 Å². The first-order valence-electron chi connectivity index (χ1n) is 8.66. The van der Waals surface area contributed by atoms with Gasteiger partial charge in [-0.3, -0.25) is 19.8 Å². The average Bonchev–Trinajstić information content (AvgIpc) is 2.85. The lowest BCUT2D eigenvalue weighted by Gasteiger charge is -2.30. The highest BCUT2D eigenvalue weighted by Crippen LogP contribution is 2.32. The first-order chi connectivity index (χ1) is 12.5. The van der Waals surface area contributed by atoms with Crippen molar-refractivity contribution >= 4 is 23.8 Å². The van der Waals surface area contributed by atoms with Gasteiger partial charge >= 0.3 is 12.0 Å². The molecule has 2 N–H and O–H groups in total. The number of hydrogen-bond donors (Lipinski definition) is 2. The van der Waals surface area contributed by atoms with Crippen molar-refractivity contribution in [3.05, 3.63) is 35.9 Å². The van der Waals surface area contributed by atoms with Crippen LogP contribution in [0, 0.1) is 0 Å². The molecule has 0 aromatic heterocycles. The van der Waals surface area contributed by atoms with Gasteiger partial charge in [-0.2, -0.15) is 5.01 Å². The lowest BCUT2D eigenvalue weighted by atomic mass is 9.82. The Bertz CT molecular complexity index is 713. The number of carbonyl (C=O) groups excluding carboxylic acids is 4. The first-order valence-corrected chi connectivity index (χ1v) is 8.66. The number of nitrogens with one attached hydrogen (secondary N) is 2. The lowest BCUT2D eigenvalue weighted by molar-refractivity contribution is -0.150. The number of amides is 4. The van der Waals surface area contributed by atoms with E-state index in [1.807, 2.05) is 6.07 Å². The summed E-state index contributed by atoms with van der Waals surface area (Å²) in [5.41, 5.74) is 2.08. The van der Waals surface area contributed by atoms with Crippen molar-refractivity contribution in [1.29, 1.82) is 0 Å². The van der Waals surface area contributed by atoms with Gasteiger partial charge in [-0.05, 0) is 18.4 Å². The number of carbonyl (C=O) groups is 4. The summed E-state index contributed by atoms with van der Waals surface area (Å²) in [6.07, 6.45) is 3.90. The number of benzene rings is 1. The minimum atomic E-state index is -0.910. The van der Waals surface area contributed by atoms with Gasteiger partial charge in [0, 0.05) is 0 Å². The largest absolute Gasteiger partial charge is 0.455 e. The molecular formula is C18H21N3O5. The van der Waals surface area contributed by atoms with Crippen LogP contribution in [0.3, 0.4) is 0 Å². The summed E-state index contributed by atoms with van der Waals surface area (Å²) >= 11 is 0. The molecular weight excluding hydrogens is 338 g/mol. The molecule has 0 unspecified atom stereocenters. The van der Waals surface area contributed by atoms with Crippen LogP contribution in [0.5, 0.6) is 0 Å². The average molecular weight is 359 g/mol. The van der Waals surface area contributed by atoms with Crippen LogP contribution in [0.4, 0.5) is 4.79 Å². The number of rotatable bonds is 5. The molecule has 1 aliphatic heterocycles. The summed E-state index contributed by atoms with van der Waals surface area (Å²) in [4.78, 5) is 48.3. The molecule has 0 bridgehead atoms. The summed E-state index contributed by atoms with van der Waals surface area (Å²) in [6.45, 7) is -0.560. The third kappa shape index (κ3) is 3.84. The second kappa shape index (κ2) is 7.55. The molecule has 1 aliphatic carbocycles. The van der Waals surface area contributed by atoms with Crippen LogP contribution in [0.25, 0.3) is 0 Å². The van der Waals surface area contributed by atoms with E-state index in [0.717, 1.165) is 24.8 Å². The molecule has 26 heavy (non-hydrogen) atoms. The fourth-order valence-electron chi connectivity index (χ4n) is 3.33. The van der Waals surface area contributed by atoms with E-state index in [9.17, 15) is 19.2 Å². The molecule has 0 radical (unpaired) electrons. The molecule has 138 valence electrons. The van der Waals surface area contributed by atoms with E-state index in [0.29, 0.717) is 17.9 Å². The Labute approximate surface area is 150 Å². The number of nitrogens with zero attached hydrogens (tertiary/aromatic N) is 1. The molecule has 2 aliphatic rings. The molecule has 8 nitrogen and oxygen atoms in total. The van der Waals surface area contributed by atoms with Crippen molar-refractivity contribution in [2.45, 2.75) is 44.1 Å². The topological polar surface area (TPSA) is 105 Å². The van der Waals surface area contributed by atoms with E-state index in [1.54, 1.807) is 24.3 Å². The smallest absolute Gasteiger partial charge is 0.344 e. The predicted molar refractivity (Wildman–Crippen MR) is 90.4 cm³/mol. The molecule has 3 rings (SSSR count). The molecule has 8 heteroatoms. The van der Waals surface area contributed by atoms with Crippen LogP contribution in [0.1, 0.15) is 37.7 Å². The molecule has 1 heterocycles. The Balaban J connectivity index is 1.49. The van der Waals surface area contributed by atoms with Gasteiger partial charge in [0.15, 0.2) is 6.61 Å². The van der Waals surface area contributed by atoms with Crippen LogP contribution in [0.2, 0.25) is 0 Å². The predicted octanol–water partition coefficient (Wildman–Crippen LogP) is 1.06.